The molecule has 1 aliphatic carbocycles. The van der Waals surface area contributed by atoms with Gasteiger partial charge in [-0.05, 0) is 44.7 Å². The number of amides is 1. The van der Waals surface area contributed by atoms with E-state index in [0.717, 1.165) is 36.9 Å². The Kier molecular flexibility index (Phi) is 5.53. The minimum absolute atomic E-state index is 0.121. The molecule has 1 aromatic rings. The zero-order valence-corrected chi connectivity index (χ0v) is 16.1. The number of rotatable bonds is 4. The molecule has 2 fully saturated rings. The van der Waals surface area contributed by atoms with E-state index in [1.165, 1.54) is 0 Å². The molecule has 1 amide bonds. The van der Waals surface area contributed by atoms with E-state index in [1.807, 2.05) is 19.9 Å². The smallest absolute Gasteiger partial charge is 0.263 e. The fourth-order valence-corrected chi connectivity index (χ4v) is 4.56. The summed E-state index contributed by atoms with van der Waals surface area (Å²) in [6.07, 6.45) is 4.54. The maximum Gasteiger partial charge on any atom is 0.263 e. The number of fused-ring (bicyclic) bond motifs is 1. The number of methoxy groups -OCH3 is 1. The van der Waals surface area contributed by atoms with Crippen molar-refractivity contribution in [2.75, 3.05) is 26.8 Å². The molecule has 1 N–H and O–H groups in total. The summed E-state index contributed by atoms with van der Waals surface area (Å²) in [6, 6.07) is 1.89. The Labute approximate surface area is 154 Å². The van der Waals surface area contributed by atoms with Crippen molar-refractivity contribution in [2.45, 2.75) is 58.1 Å². The largest absolute Gasteiger partial charge is 0.389 e. The molecule has 6 nitrogen and oxygen atoms in total. The highest BCUT2D eigenvalue weighted by molar-refractivity contribution is 5.95. The third kappa shape index (κ3) is 3.45. The summed E-state index contributed by atoms with van der Waals surface area (Å²) in [5, 5.41) is 10.8. The Morgan fingerprint density at radius 3 is 2.85 bits per heavy atom. The van der Waals surface area contributed by atoms with Crippen molar-refractivity contribution < 1.29 is 14.6 Å². The summed E-state index contributed by atoms with van der Waals surface area (Å²) < 4.78 is 6.71. The minimum Gasteiger partial charge on any atom is -0.389 e. The fraction of sp³-hybridized carbons (Fsp3) is 0.700. The number of aromatic nitrogens is 1. The van der Waals surface area contributed by atoms with Crippen LogP contribution in [0, 0.1) is 19.8 Å². The third-order valence-corrected chi connectivity index (χ3v) is 6.15. The van der Waals surface area contributed by atoms with Crippen molar-refractivity contribution in [1.29, 1.82) is 0 Å². The highest BCUT2D eigenvalue weighted by Gasteiger charge is 2.44. The van der Waals surface area contributed by atoms with Gasteiger partial charge in [0, 0.05) is 38.4 Å². The molecular formula is C20H30N2O4. The van der Waals surface area contributed by atoms with Crippen LogP contribution in [0.5, 0.6) is 0 Å². The van der Waals surface area contributed by atoms with Crippen LogP contribution in [0.3, 0.4) is 0 Å². The van der Waals surface area contributed by atoms with Crippen LogP contribution in [0.25, 0.3) is 0 Å². The summed E-state index contributed by atoms with van der Waals surface area (Å²) >= 11 is 0. The van der Waals surface area contributed by atoms with E-state index >= 15 is 0 Å². The van der Waals surface area contributed by atoms with E-state index < -0.39 is 5.60 Å². The molecule has 2 aliphatic rings. The predicted molar refractivity (Wildman–Crippen MR) is 99.5 cm³/mol. The van der Waals surface area contributed by atoms with Gasteiger partial charge in [-0.1, -0.05) is 12.8 Å². The van der Waals surface area contributed by atoms with Crippen molar-refractivity contribution in [2.24, 2.45) is 5.92 Å². The number of carbonyl (C=O) groups is 1. The first-order valence-electron chi connectivity index (χ1n) is 9.59. The van der Waals surface area contributed by atoms with Gasteiger partial charge < -0.3 is 19.3 Å². The van der Waals surface area contributed by atoms with Crippen molar-refractivity contribution in [3.63, 3.8) is 0 Å². The third-order valence-electron chi connectivity index (χ3n) is 6.15. The molecule has 3 rings (SSSR count). The lowest BCUT2D eigenvalue weighted by molar-refractivity contribution is -0.0886. The van der Waals surface area contributed by atoms with Crippen LogP contribution in [0.15, 0.2) is 10.9 Å². The zero-order chi connectivity index (χ0) is 18.9. The summed E-state index contributed by atoms with van der Waals surface area (Å²) in [6.45, 7) is 5.61. The summed E-state index contributed by atoms with van der Waals surface area (Å²) in [4.78, 5) is 27.9. The van der Waals surface area contributed by atoms with Gasteiger partial charge >= 0.3 is 0 Å². The molecule has 0 aromatic carbocycles. The van der Waals surface area contributed by atoms with Gasteiger partial charge in [0.15, 0.2) is 0 Å². The maximum atomic E-state index is 13.2. The zero-order valence-electron chi connectivity index (χ0n) is 16.1. The first kappa shape index (κ1) is 19.1. The molecule has 2 heterocycles. The van der Waals surface area contributed by atoms with Gasteiger partial charge in [0.05, 0.1) is 12.2 Å². The van der Waals surface area contributed by atoms with Crippen LogP contribution in [-0.4, -0.2) is 52.9 Å². The summed E-state index contributed by atoms with van der Waals surface area (Å²) in [5.41, 5.74) is 0.940. The molecule has 26 heavy (non-hydrogen) atoms. The topological polar surface area (TPSA) is 71.8 Å². The van der Waals surface area contributed by atoms with Gasteiger partial charge in [-0.2, -0.15) is 0 Å². The number of pyridine rings is 1. The number of carbonyl (C=O) groups excluding carboxylic acids is 1. The lowest BCUT2D eigenvalue weighted by Gasteiger charge is -2.47. The number of aliphatic hydroxyl groups is 1. The normalized spacial score (nSPS) is 25.8. The number of ether oxygens (including phenoxy) is 1. The monoisotopic (exact) mass is 362 g/mol. The fourth-order valence-electron chi connectivity index (χ4n) is 4.56. The van der Waals surface area contributed by atoms with Crippen LogP contribution in [0.2, 0.25) is 0 Å². The van der Waals surface area contributed by atoms with Gasteiger partial charge in [-0.15, -0.1) is 0 Å². The first-order valence-corrected chi connectivity index (χ1v) is 9.59. The lowest BCUT2D eigenvalue weighted by atomic mass is 9.71. The number of nitrogens with zero attached hydrogens (tertiary/aromatic N) is 2. The van der Waals surface area contributed by atoms with Gasteiger partial charge in [0.25, 0.3) is 11.5 Å². The number of piperidine rings is 1. The standard InChI is InChI=1S/C20H30N2O4/c1-14-12-15(2)22(10-11-26-3)19(24)17(14)18(23)21-9-8-20(25)7-5-4-6-16(20)13-21/h12,16,25H,4-11,13H2,1-3H3/t16-,20-/m1/s1. The second-order valence-electron chi connectivity index (χ2n) is 7.84. The van der Waals surface area contributed by atoms with Gasteiger partial charge in [-0.25, -0.2) is 0 Å². The SMILES string of the molecule is COCCn1c(C)cc(C)c(C(=O)N2CC[C@]3(O)CCCC[C@@H]3C2)c1=O. The van der Waals surface area contributed by atoms with Crippen LogP contribution in [0.4, 0.5) is 0 Å². The maximum absolute atomic E-state index is 13.2. The second-order valence-corrected chi connectivity index (χ2v) is 7.84. The lowest BCUT2D eigenvalue weighted by Crippen LogP contribution is -2.55. The molecule has 0 radical (unpaired) electrons. The molecule has 1 aliphatic heterocycles. The Hall–Kier alpha value is -1.66. The van der Waals surface area contributed by atoms with E-state index in [0.29, 0.717) is 32.7 Å². The van der Waals surface area contributed by atoms with E-state index in [-0.39, 0.29) is 22.9 Å². The molecule has 6 heteroatoms. The second kappa shape index (κ2) is 7.53. The van der Waals surface area contributed by atoms with Crippen LogP contribution in [-0.2, 0) is 11.3 Å². The molecule has 1 saturated heterocycles. The van der Waals surface area contributed by atoms with Crippen molar-refractivity contribution in [3.8, 4) is 0 Å². The minimum atomic E-state index is -0.629. The van der Waals surface area contributed by atoms with E-state index in [2.05, 4.69) is 0 Å². The predicted octanol–water partition coefficient (Wildman–Crippen LogP) is 1.88. The highest BCUT2D eigenvalue weighted by Crippen LogP contribution is 2.40. The van der Waals surface area contributed by atoms with Gasteiger partial charge in [0.1, 0.15) is 5.56 Å². The van der Waals surface area contributed by atoms with Gasteiger partial charge in [0.2, 0.25) is 0 Å². The van der Waals surface area contributed by atoms with Crippen molar-refractivity contribution >= 4 is 5.91 Å². The van der Waals surface area contributed by atoms with Gasteiger partial charge in [-0.3, -0.25) is 9.59 Å². The quantitative estimate of drug-likeness (QED) is 0.888. The molecule has 2 atom stereocenters. The van der Waals surface area contributed by atoms with Crippen LogP contribution >= 0.6 is 0 Å². The molecule has 0 unspecified atom stereocenters. The van der Waals surface area contributed by atoms with E-state index in [9.17, 15) is 14.7 Å². The number of likely N-dealkylation sites (tertiary alicyclic amines) is 1. The van der Waals surface area contributed by atoms with Crippen LogP contribution in [0.1, 0.15) is 53.7 Å². The Morgan fingerprint density at radius 1 is 1.35 bits per heavy atom. The molecule has 1 aromatic heterocycles. The molecule has 0 bridgehead atoms. The number of hydrogen-bond acceptors (Lipinski definition) is 4. The van der Waals surface area contributed by atoms with Crippen LogP contribution < -0.4 is 5.56 Å². The Balaban J connectivity index is 1.87. The van der Waals surface area contributed by atoms with Crippen molar-refractivity contribution in [1.82, 2.24) is 9.47 Å². The molecular weight excluding hydrogens is 332 g/mol. The summed E-state index contributed by atoms with van der Waals surface area (Å²) in [5.74, 6) is -0.0817. The van der Waals surface area contributed by atoms with Crippen molar-refractivity contribution in [3.05, 3.63) is 33.2 Å². The molecule has 0 spiro atoms. The number of aryl methyl sites for hydroxylation is 2. The average Bonchev–Trinajstić information content (AvgIpc) is 2.60. The van der Waals surface area contributed by atoms with E-state index in [4.69, 9.17) is 4.74 Å². The molecule has 1 saturated carbocycles. The first-order chi connectivity index (χ1) is 12.4. The summed E-state index contributed by atoms with van der Waals surface area (Å²) in [7, 11) is 1.60. The van der Waals surface area contributed by atoms with E-state index in [1.54, 1.807) is 16.6 Å². The highest BCUT2D eigenvalue weighted by atomic mass is 16.5. The Bertz CT molecular complexity index is 742. The Morgan fingerprint density at radius 2 is 2.12 bits per heavy atom. The molecule has 144 valence electrons. The number of hydrogen-bond donors (Lipinski definition) is 1. The average molecular weight is 362 g/mol.